The van der Waals surface area contributed by atoms with Gasteiger partial charge in [0, 0.05) is 0 Å². The molecule has 1 aliphatic rings. The first-order valence-electron chi connectivity index (χ1n) is 4.92. The Morgan fingerprint density at radius 1 is 1.62 bits per heavy atom. The van der Waals surface area contributed by atoms with Gasteiger partial charge in [-0.15, -0.1) is 0 Å². The lowest BCUT2D eigenvalue weighted by molar-refractivity contribution is -0.138. The summed E-state index contributed by atoms with van der Waals surface area (Å²) in [6, 6.07) is 1.22. The number of nitrogens with one attached hydrogen (secondary N) is 1. The van der Waals surface area contributed by atoms with Crippen LogP contribution in [-0.2, 0) is 4.79 Å². The fourth-order valence-corrected chi connectivity index (χ4v) is 1.46. The number of hydrogen-bond donors (Lipinski definition) is 2. The van der Waals surface area contributed by atoms with E-state index < -0.39 is 12.0 Å². The fourth-order valence-electron chi connectivity index (χ4n) is 1.46. The monoisotopic (exact) mass is 218 g/mol. The second-order valence-electron chi connectivity index (χ2n) is 3.70. The Hall–Kier alpha value is -2.16. The van der Waals surface area contributed by atoms with E-state index in [1.54, 1.807) is 0 Å². The summed E-state index contributed by atoms with van der Waals surface area (Å²) in [5.41, 5.74) is 0.171. The van der Waals surface area contributed by atoms with Crippen LogP contribution in [0.5, 0.6) is 0 Å². The summed E-state index contributed by atoms with van der Waals surface area (Å²) in [4.78, 5) is 18.7. The molecule has 0 unspecified atom stereocenters. The number of carboxylic acids is 1. The predicted octanol–water partition coefficient (Wildman–Crippen LogP) is 0.623. The molecule has 0 saturated heterocycles. The van der Waals surface area contributed by atoms with Crippen LogP contribution < -0.4 is 5.32 Å². The maximum Gasteiger partial charge on any atom is 0.326 e. The summed E-state index contributed by atoms with van der Waals surface area (Å²) < 4.78 is 0. The van der Waals surface area contributed by atoms with Gasteiger partial charge in [-0.25, -0.2) is 9.78 Å². The Bertz CT molecular complexity index is 450. The molecule has 2 N–H and O–H groups in total. The van der Waals surface area contributed by atoms with Crippen molar-refractivity contribution in [3.63, 3.8) is 0 Å². The normalized spacial score (nSPS) is 16.2. The van der Waals surface area contributed by atoms with E-state index in [4.69, 9.17) is 10.4 Å². The zero-order valence-corrected chi connectivity index (χ0v) is 8.42. The highest BCUT2D eigenvalue weighted by molar-refractivity contribution is 5.77. The van der Waals surface area contributed by atoms with E-state index in [1.807, 2.05) is 6.07 Å². The van der Waals surface area contributed by atoms with Crippen LogP contribution in [0.25, 0.3) is 0 Å². The van der Waals surface area contributed by atoms with Gasteiger partial charge in [-0.3, -0.25) is 4.98 Å². The second-order valence-corrected chi connectivity index (χ2v) is 3.70. The van der Waals surface area contributed by atoms with Crippen LogP contribution in [0.1, 0.15) is 18.5 Å². The molecule has 1 aromatic rings. The number of rotatable bonds is 4. The molecular weight excluding hydrogens is 208 g/mol. The van der Waals surface area contributed by atoms with Gasteiger partial charge in [0.1, 0.15) is 17.9 Å². The first-order chi connectivity index (χ1) is 7.70. The molecule has 1 saturated carbocycles. The molecule has 1 aromatic heterocycles. The summed E-state index contributed by atoms with van der Waals surface area (Å²) in [6.45, 7) is 0. The van der Waals surface area contributed by atoms with Crippen LogP contribution in [-0.4, -0.2) is 27.1 Å². The zero-order valence-electron chi connectivity index (χ0n) is 8.42. The Morgan fingerprint density at radius 2 is 2.38 bits per heavy atom. The molecular formula is C10H10N4O2. The molecule has 82 valence electrons. The van der Waals surface area contributed by atoms with E-state index in [2.05, 4.69) is 15.3 Å². The van der Waals surface area contributed by atoms with Crippen LogP contribution in [0, 0.1) is 17.2 Å². The molecule has 0 amide bonds. The van der Waals surface area contributed by atoms with Crippen LogP contribution in [0.3, 0.4) is 0 Å². The minimum absolute atomic E-state index is 0.157. The molecule has 0 spiro atoms. The van der Waals surface area contributed by atoms with Gasteiger partial charge in [0.05, 0.1) is 12.4 Å². The largest absolute Gasteiger partial charge is 0.480 e. The Morgan fingerprint density at radius 3 is 2.94 bits per heavy atom. The SMILES string of the molecule is N#Cc1cncc(N[C@H](C(=O)O)C2CC2)n1. The molecule has 6 heteroatoms. The summed E-state index contributed by atoms with van der Waals surface area (Å²) in [7, 11) is 0. The minimum atomic E-state index is -0.897. The number of carboxylic acid groups (broad SMARTS) is 1. The van der Waals surface area contributed by atoms with Crippen molar-refractivity contribution in [2.45, 2.75) is 18.9 Å². The summed E-state index contributed by atoms with van der Waals surface area (Å²) >= 11 is 0. The molecule has 0 aliphatic heterocycles. The van der Waals surface area contributed by atoms with Gasteiger partial charge in [0.25, 0.3) is 0 Å². The van der Waals surface area contributed by atoms with Gasteiger partial charge in [0.15, 0.2) is 5.69 Å². The van der Waals surface area contributed by atoms with E-state index >= 15 is 0 Å². The predicted molar refractivity (Wildman–Crippen MR) is 54.5 cm³/mol. The molecule has 1 atom stereocenters. The van der Waals surface area contributed by atoms with E-state index in [0.29, 0.717) is 5.82 Å². The van der Waals surface area contributed by atoms with Gasteiger partial charge in [0.2, 0.25) is 0 Å². The van der Waals surface area contributed by atoms with Gasteiger partial charge in [-0.05, 0) is 18.8 Å². The van der Waals surface area contributed by atoms with Crippen molar-refractivity contribution in [1.29, 1.82) is 5.26 Å². The van der Waals surface area contributed by atoms with Gasteiger partial charge >= 0.3 is 5.97 Å². The van der Waals surface area contributed by atoms with Crippen LogP contribution >= 0.6 is 0 Å². The van der Waals surface area contributed by atoms with E-state index in [0.717, 1.165) is 12.8 Å². The standard InChI is InChI=1S/C10H10N4O2/c11-3-7-4-12-5-8(13-7)14-9(10(15)16)6-1-2-6/h4-6,9H,1-2H2,(H,13,14)(H,15,16)/t9-/m0/s1. The first kappa shape index (κ1) is 10.4. The first-order valence-corrected chi connectivity index (χ1v) is 4.92. The topological polar surface area (TPSA) is 98.9 Å². The van der Waals surface area contributed by atoms with Crippen molar-refractivity contribution in [3.8, 4) is 6.07 Å². The lowest BCUT2D eigenvalue weighted by Crippen LogP contribution is -2.31. The van der Waals surface area contributed by atoms with Crippen molar-refractivity contribution < 1.29 is 9.90 Å². The highest BCUT2D eigenvalue weighted by atomic mass is 16.4. The average molecular weight is 218 g/mol. The molecule has 0 radical (unpaired) electrons. The zero-order chi connectivity index (χ0) is 11.5. The van der Waals surface area contributed by atoms with E-state index in [9.17, 15) is 4.79 Å². The Balaban J connectivity index is 2.12. The molecule has 16 heavy (non-hydrogen) atoms. The number of anilines is 1. The fraction of sp³-hybridized carbons (Fsp3) is 0.400. The molecule has 1 heterocycles. The summed E-state index contributed by atoms with van der Waals surface area (Å²) in [5, 5.41) is 20.4. The third kappa shape index (κ3) is 2.25. The van der Waals surface area contributed by atoms with Gasteiger partial charge in [-0.2, -0.15) is 5.26 Å². The molecule has 6 nitrogen and oxygen atoms in total. The minimum Gasteiger partial charge on any atom is -0.480 e. The quantitative estimate of drug-likeness (QED) is 0.768. The lowest BCUT2D eigenvalue weighted by Gasteiger charge is -2.13. The maximum atomic E-state index is 11.0. The maximum absolute atomic E-state index is 11.0. The lowest BCUT2D eigenvalue weighted by atomic mass is 10.2. The number of carbonyl (C=O) groups is 1. The van der Waals surface area contributed by atoms with Crippen molar-refractivity contribution in [2.75, 3.05) is 5.32 Å². The molecule has 0 bridgehead atoms. The van der Waals surface area contributed by atoms with Gasteiger partial charge < -0.3 is 10.4 Å². The molecule has 2 rings (SSSR count). The number of hydrogen-bond acceptors (Lipinski definition) is 5. The molecule has 0 aromatic carbocycles. The number of nitriles is 1. The van der Waals surface area contributed by atoms with E-state index in [-0.39, 0.29) is 11.6 Å². The van der Waals surface area contributed by atoms with Crippen molar-refractivity contribution >= 4 is 11.8 Å². The Labute approximate surface area is 92.0 Å². The number of nitrogens with zero attached hydrogens (tertiary/aromatic N) is 3. The molecule has 1 aliphatic carbocycles. The van der Waals surface area contributed by atoms with Gasteiger partial charge in [-0.1, -0.05) is 0 Å². The number of aromatic nitrogens is 2. The number of aliphatic carboxylic acids is 1. The summed E-state index contributed by atoms with van der Waals surface area (Å²) in [5.74, 6) is -0.407. The highest BCUT2D eigenvalue weighted by Crippen LogP contribution is 2.34. The third-order valence-corrected chi connectivity index (χ3v) is 2.41. The van der Waals surface area contributed by atoms with Crippen LogP contribution in [0.15, 0.2) is 12.4 Å². The van der Waals surface area contributed by atoms with Crippen molar-refractivity contribution in [1.82, 2.24) is 9.97 Å². The summed E-state index contributed by atoms with van der Waals surface area (Å²) in [6.07, 6.45) is 4.57. The Kier molecular flexibility index (Phi) is 2.68. The highest BCUT2D eigenvalue weighted by Gasteiger charge is 2.36. The smallest absolute Gasteiger partial charge is 0.326 e. The molecule has 1 fully saturated rings. The second kappa shape index (κ2) is 4.14. The average Bonchev–Trinajstić information content (AvgIpc) is 3.10. The third-order valence-electron chi connectivity index (χ3n) is 2.41. The van der Waals surface area contributed by atoms with Crippen LogP contribution in [0.4, 0.5) is 5.82 Å². The van der Waals surface area contributed by atoms with Crippen molar-refractivity contribution in [3.05, 3.63) is 18.1 Å². The van der Waals surface area contributed by atoms with Crippen LogP contribution in [0.2, 0.25) is 0 Å². The van der Waals surface area contributed by atoms with Crippen molar-refractivity contribution in [2.24, 2.45) is 5.92 Å². The van der Waals surface area contributed by atoms with E-state index in [1.165, 1.54) is 12.4 Å².